The largest absolute Gasteiger partial charge is 0.505 e. The van der Waals surface area contributed by atoms with Crippen molar-refractivity contribution in [1.82, 2.24) is 10.3 Å². The SMILES string of the molecule is Cc1cc(CNC(=O)c2ncccc2O)cc(C)c1F. The Balaban J connectivity index is 2.10. The highest BCUT2D eigenvalue weighted by Crippen LogP contribution is 2.15. The Labute approximate surface area is 116 Å². The van der Waals surface area contributed by atoms with Gasteiger partial charge in [0.1, 0.15) is 11.6 Å². The van der Waals surface area contributed by atoms with Gasteiger partial charge in [-0.1, -0.05) is 12.1 Å². The highest BCUT2D eigenvalue weighted by Gasteiger charge is 2.12. The quantitative estimate of drug-likeness (QED) is 0.903. The predicted molar refractivity (Wildman–Crippen MR) is 72.9 cm³/mol. The lowest BCUT2D eigenvalue weighted by atomic mass is 10.1. The molecule has 0 aliphatic heterocycles. The van der Waals surface area contributed by atoms with E-state index < -0.39 is 5.91 Å². The summed E-state index contributed by atoms with van der Waals surface area (Å²) < 4.78 is 13.5. The maximum Gasteiger partial charge on any atom is 0.273 e. The second-order valence-electron chi connectivity index (χ2n) is 4.60. The van der Waals surface area contributed by atoms with Crippen LogP contribution in [0, 0.1) is 19.7 Å². The number of halogens is 1. The van der Waals surface area contributed by atoms with Crippen LogP contribution in [0.5, 0.6) is 5.75 Å². The minimum Gasteiger partial charge on any atom is -0.505 e. The van der Waals surface area contributed by atoms with E-state index in [-0.39, 0.29) is 23.8 Å². The van der Waals surface area contributed by atoms with Crippen molar-refractivity contribution in [1.29, 1.82) is 0 Å². The third-order valence-electron chi connectivity index (χ3n) is 2.95. The molecule has 0 fully saturated rings. The number of aryl methyl sites for hydroxylation is 2. The molecule has 1 heterocycles. The molecule has 4 nitrogen and oxygen atoms in total. The van der Waals surface area contributed by atoms with E-state index in [4.69, 9.17) is 0 Å². The van der Waals surface area contributed by atoms with Gasteiger partial charge < -0.3 is 10.4 Å². The van der Waals surface area contributed by atoms with Crippen molar-refractivity contribution in [2.24, 2.45) is 0 Å². The number of nitrogens with one attached hydrogen (secondary N) is 1. The average Bonchev–Trinajstić information content (AvgIpc) is 2.42. The van der Waals surface area contributed by atoms with Gasteiger partial charge in [-0.25, -0.2) is 9.37 Å². The van der Waals surface area contributed by atoms with Crippen LogP contribution >= 0.6 is 0 Å². The highest BCUT2D eigenvalue weighted by atomic mass is 19.1. The van der Waals surface area contributed by atoms with Crippen molar-refractivity contribution in [3.63, 3.8) is 0 Å². The van der Waals surface area contributed by atoms with Gasteiger partial charge in [-0.05, 0) is 42.7 Å². The first kappa shape index (κ1) is 14.0. The lowest BCUT2D eigenvalue weighted by Gasteiger charge is -2.09. The van der Waals surface area contributed by atoms with Crippen molar-refractivity contribution >= 4 is 5.91 Å². The Morgan fingerprint density at radius 3 is 2.60 bits per heavy atom. The zero-order chi connectivity index (χ0) is 14.7. The molecule has 0 saturated carbocycles. The van der Waals surface area contributed by atoms with Crippen LogP contribution in [-0.4, -0.2) is 16.0 Å². The van der Waals surface area contributed by atoms with E-state index in [1.165, 1.54) is 12.3 Å². The van der Waals surface area contributed by atoms with Crippen molar-refractivity contribution in [2.75, 3.05) is 0 Å². The number of hydrogen-bond acceptors (Lipinski definition) is 3. The van der Waals surface area contributed by atoms with E-state index in [1.807, 2.05) is 0 Å². The molecule has 1 amide bonds. The Hall–Kier alpha value is -2.43. The van der Waals surface area contributed by atoms with Crippen LogP contribution in [0.4, 0.5) is 4.39 Å². The number of aromatic hydroxyl groups is 1. The van der Waals surface area contributed by atoms with Gasteiger partial charge in [-0.15, -0.1) is 0 Å². The zero-order valence-electron chi connectivity index (χ0n) is 11.3. The minimum atomic E-state index is -0.470. The Morgan fingerprint density at radius 1 is 1.35 bits per heavy atom. The molecule has 0 unspecified atom stereocenters. The van der Waals surface area contributed by atoms with E-state index in [0.717, 1.165) is 5.56 Å². The van der Waals surface area contributed by atoms with Crippen molar-refractivity contribution in [3.05, 3.63) is 58.7 Å². The molecular formula is C15H15FN2O2. The van der Waals surface area contributed by atoms with Crippen molar-refractivity contribution in [3.8, 4) is 5.75 Å². The van der Waals surface area contributed by atoms with Crippen molar-refractivity contribution < 1.29 is 14.3 Å². The number of benzene rings is 1. The van der Waals surface area contributed by atoms with Gasteiger partial charge in [0.25, 0.3) is 5.91 Å². The number of aromatic nitrogens is 1. The van der Waals surface area contributed by atoms with Gasteiger partial charge in [0.15, 0.2) is 5.69 Å². The molecule has 2 rings (SSSR count). The van der Waals surface area contributed by atoms with Crippen LogP contribution in [0.15, 0.2) is 30.5 Å². The fourth-order valence-corrected chi connectivity index (χ4v) is 1.98. The number of pyridine rings is 1. The maximum absolute atomic E-state index is 13.5. The molecule has 0 aliphatic rings. The van der Waals surface area contributed by atoms with Crippen LogP contribution in [0.3, 0.4) is 0 Å². The van der Waals surface area contributed by atoms with E-state index in [0.29, 0.717) is 11.1 Å². The first-order chi connectivity index (χ1) is 9.49. The Kier molecular flexibility index (Phi) is 3.98. The molecule has 1 aromatic heterocycles. The molecule has 0 atom stereocenters. The van der Waals surface area contributed by atoms with Crippen LogP contribution in [0.1, 0.15) is 27.2 Å². The minimum absolute atomic E-state index is 0.0249. The van der Waals surface area contributed by atoms with E-state index >= 15 is 0 Å². The van der Waals surface area contributed by atoms with Gasteiger partial charge in [-0.2, -0.15) is 0 Å². The molecule has 0 saturated heterocycles. The predicted octanol–water partition coefficient (Wildman–Crippen LogP) is 2.47. The summed E-state index contributed by atoms with van der Waals surface area (Å²) in [5.41, 5.74) is 1.85. The molecule has 0 bridgehead atoms. The molecular weight excluding hydrogens is 259 g/mol. The number of carbonyl (C=O) groups excluding carboxylic acids is 1. The first-order valence-corrected chi connectivity index (χ1v) is 6.17. The lowest BCUT2D eigenvalue weighted by Crippen LogP contribution is -2.24. The first-order valence-electron chi connectivity index (χ1n) is 6.17. The third kappa shape index (κ3) is 2.93. The molecule has 104 valence electrons. The molecule has 0 spiro atoms. The third-order valence-corrected chi connectivity index (χ3v) is 2.95. The monoisotopic (exact) mass is 274 g/mol. The number of nitrogens with zero attached hydrogens (tertiary/aromatic N) is 1. The summed E-state index contributed by atoms with van der Waals surface area (Å²) in [6, 6.07) is 6.30. The smallest absolute Gasteiger partial charge is 0.273 e. The summed E-state index contributed by atoms with van der Waals surface area (Å²) in [4.78, 5) is 15.7. The topological polar surface area (TPSA) is 62.2 Å². The molecule has 0 radical (unpaired) electrons. The number of amides is 1. The number of rotatable bonds is 3. The standard InChI is InChI=1S/C15H15FN2O2/c1-9-6-11(7-10(2)13(9)16)8-18-15(20)14-12(19)4-3-5-17-14/h3-7,19H,8H2,1-2H3,(H,18,20). The summed E-state index contributed by atoms with van der Waals surface area (Å²) in [6.45, 7) is 3.60. The molecule has 0 aliphatic carbocycles. The average molecular weight is 274 g/mol. The number of hydrogen-bond donors (Lipinski definition) is 2. The molecule has 5 heteroatoms. The van der Waals surface area contributed by atoms with E-state index in [9.17, 15) is 14.3 Å². The highest BCUT2D eigenvalue weighted by molar-refractivity contribution is 5.94. The van der Waals surface area contributed by atoms with Gasteiger partial charge in [-0.3, -0.25) is 4.79 Å². The Bertz CT molecular complexity index is 633. The summed E-state index contributed by atoms with van der Waals surface area (Å²) in [7, 11) is 0. The van der Waals surface area contributed by atoms with Crippen LogP contribution in [0.25, 0.3) is 0 Å². The van der Waals surface area contributed by atoms with Gasteiger partial charge in [0, 0.05) is 12.7 Å². The molecule has 2 aromatic rings. The maximum atomic E-state index is 13.5. The van der Waals surface area contributed by atoms with Crippen molar-refractivity contribution in [2.45, 2.75) is 20.4 Å². The normalized spacial score (nSPS) is 10.3. The fraction of sp³-hybridized carbons (Fsp3) is 0.200. The second kappa shape index (κ2) is 5.69. The van der Waals surface area contributed by atoms with E-state index in [1.54, 1.807) is 32.0 Å². The number of carbonyl (C=O) groups is 1. The van der Waals surface area contributed by atoms with Crippen LogP contribution < -0.4 is 5.32 Å². The molecule has 1 aromatic carbocycles. The summed E-state index contributed by atoms with van der Waals surface area (Å²) in [6.07, 6.45) is 1.43. The summed E-state index contributed by atoms with van der Waals surface area (Å²) in [5.74, 6) is -0.873. The summed E-state index contributed by atoms with van der Waals surface area (Å²) in [5, 5.41) is 12.2. The Morgan fingerprint density at radius 2 is 2.00 bits per heavy atom. The molecule has 20 heavy (non-hydrogen) atoms. The zero-order valence-corrected chi connectivity index (χ0v) is 11.3. The lowest BCUT2D eigenvalue weighted by molar-refractivity contribution is 0.0943. The molecule has 2 N–H and O–H groups in total. The summed E-state index contributed by atoms with van der Waals surface area (Å²) >= 11 is 0. The van der Waals surface area contributed by atoms with E-state index in [2.05, 4.69) is 10.3 Å². The second-order valence-corrected chi connectivity index (χ2v) is 4.60. The van der Waals surface area contributed by atoms with Gasteiger partial charge in [0.2, 0.25) is 0 Å². The van der Waals surface area contributed by atoms with Gasteiger partial charge in [0.05, 0.1) is 0 Å². The van der Waals surface area contributed by atoms with Crippen LogP contribution in [-0.2, 0) is 6.54 Å². The van der Waals surface area contributed by atoms with Crippen LogP contribution in [0.2, 0.25) is 0 Å². The fourth-order valence-electron chi connectivity index (χ4n) is 1.98. The van der Waals surface area contributed by atoms with Gasteiger partial charge >= 0.3 is 0 Å².